The van der Waals surface area contributed by atoms with Gasteiger partial charge in [0.15, 0.2) is 0 Å². The molecule has 1 aliphatic carbocycles. The predicted molar refractivity (Wildman–Crippen MR) is 115 cm³/mol. The summed E-state index contributed by atoms with van der Waals surface area (Å²) in [4.78, 5) is 17.2. The summed E-state index contributed by atoms with van der Waals surface area (Å²) in [5, 5.41) is 3.01. The van der Waals surface area contributed by atoms with Crippen LogP contribution in [0.2, 0.25) is 0 Å². The van der Waals surface area contributed by atoms with Gasteiger partial charge in [0.2, 0.25) is 11.8 Å². The molecule has 1 fully saturated rings. The highest BCUT2D eigenvalue weighted by Gasteiger charge is 2.45. The van der Waals surface area contributed by atoms with Crippen LogP contribution in [0.1, 0.15) is 30.4 Å². The molecule has 31 heavy (non-hydrogen) atoms. The molecule has 5 nitrogen and oxygen atoms in total. The first kappa shape index (κ1) is 20.8. The van der Waals surface area contributed by atoms with Crippen molar-refractivity contribution < 1.29 is 18.7 Å². The number of nitrogens with zero attached hydrogens (tertiary/aromatic N) is 1. The lowest BCUT2D eigenvalue weighted by Gasteiger charge is -2.40. The first-order valence-electron chi connectivity index (χ1n) is 10.5. The fourth-order valence-electron chi connectivity index (χ4n) is 3.72. The van der Waals surface area contributed by atoms with E-state index in [9.17, 15) is 9.18 Å². The third-order valence-corrected chi connectivity index (χ3v) is 5.63. The Morgan fingerprint density at radius 1 is 0.968 bits per heavy atom. The highest BCUT2D eigenvalue weighted by atomic mass is 19.1. The largest absolute Gasteiger partial charge is 0.490 e. The normalized spacial score (nSPS) is 14.4. The second kappa shape index (κ2) is 9.60. The van der Waals surface area contributed by atoms with Crippen molar-refractivity contribution in [3.8, 4) is 11.6 Å². The lowest BCUT2D eigenvalue weighted by Crippen LogP contribution is -2.49. The number of pyridine rings is 1. The van der Waals surface area contributed by atoms with Crippen molar-refractivity contribution in [1.29, 1.82) is 0 Å². The number of rotatable bonds is 9. The van der Waals surface area contributed by atoms with Crippen molar-refractivity contribution in [2.24, 2.45) is 0 Å². The van der Waals surface area contributed by atoms with Crippen LogP contribution < -0.4 is 14.8 Å². The maximum atomic E-state index is 13.3. The van der Waals surface area contributed by atoms with Gasteiger partial charge in [0.05, 0.1) is 5.41 Å². The number of halogens is 1. The highest BCUT2D eigenvalue weighted by molar-refractivity contribution is 5.89. The second-order valence-electron chi connectivity index (χ2n) is 7.64. The topological polar surface area (TPSA) is 60.5 Å². The van der Waals surface area contributed by atoms with E-state index in [1.807, 2.05) is 36.4 Å². The van der Waals surface area contributed by atoms with Gasteiger partial charge in [-0.15, -0.1) is 0 Å². The zero-order chi connectivity index (χ0) is 21.5. The van der Waals surface area contributed by atoms with Crippen LogP contribution in [0.25, 0.3) is 0 Å². The SMILES string of the molecule is O=C(NCc1ccc(OCCOc2ccccc2)nc1)C1(c2ccc(F)cc2)CCC1. The van der Waals surface area contributed by atoms with Gasteiger partial charge < -0.3 is 14.8 Å². The minimum absolute atomic E-state index is 0.0243. The van der Waals surface area contributed by atoms with E-state index in [1.165, 1.54) is 12.1 Å². The molecule has 0 spiro atoms. The predicted octanol–water partition coefficient (Wildman–Crippen LogP) is 4.42. The van der Waals surface area contributed by atoms with Crippen molar-refractivity contribution in [2.45, 2.75) is 31.2 Å². The molecule has 0 saturated heterocycles. The molecule has 0 aliphatic heterocycles. The summed E-state index contributed by atoms with van der Waals surface area (Å²) in [6.45, 7) is 1.19. The van der Waals surface area contributed by atoms with Gasteiger partial charge in [-0.2, -0.15) is 0 Å². The summed E-state index contributed by atoms with van der Waals surface area (Å²) in [6.07, 6.45) is 4.24. The highest BCUT2D eigenvalue weighted by Crippen LogP contribution is 2.44. The summed E-state index contributed by atoms with van der Waals surface area (Å²) >= 11 is 0. The zero-order valence-electron chi connectivity index (χ0n) is 17.2. The molecule has 1 aliphatic rings. The third-order valence-electron chi connectivity index (χ3n) is 5.63. The van der Waals surface area contributed by atoms with Gasteiger partial charge in [-0.3, -0.25) is 4.79 Å². The number of carbonyl (C=O) groups is 1. The molecule has 1 saturated carbocycles. The zero-order valence-corrected chi connectivity index (χ0v) is 17.2. The average Bonchev–Trinajstić information content (AvgIpc) is 2.77. The number of aromatic nitrogens is 1. The van der Waals surface area contributed by atoms with Crippen LogP contribution in [-0.4, -0.2) is 24.1 Å². The molecule has 1 aromatic heterocycles. The number of amides is 1. The molecule has 0 radical (unpaired) electrons. The van der Waals surface area contributed by atoms with Crippen LogP contribution in [0, 0.1) is 5.82 Å². The molecule has 3 aromatic rings. The molecule has 0 atom stereocenters. The molecule has 2 aromatic carbocycles. The Bertz CT molecular complexity index is 988. The van der Waals surface area contributed by atoms with Crippen molar-refractivity contribution in [3.05, 3.63) is 89.9 Å². The van der Waals surface area contributed by atoms with E-state index < -0.39 is 5.41 Å². The number of carbonyl (C=O) groups excluding carboxylic acids is 1. The van der Waals surface area contributed by atoms with E-state index in [0.717, 1.165) is 36.1 Å². The first-order valence-corrected chi connectivity index (χ1v) is 10.5. The quantitative estimate of drug-likeness (QED) is 0.521. The molecule has 1 N–H and O–H groups in total. The van der Waals surface area contributed by atoms with Gasteiger partial charge in [-0.1, -0.05) is 42.8 Å². The van der Waals surface area contributed by atoms with Gasteiger partial charge in [0.1, 0.15) is 24.8 Å². The lowest BCUT2D eigenvalue weighted by molar-refractivity contribution is -0.130. The van der Waals surface area contributed by atoms with Crippen LogP contribution in [0.15, 0.2) is 72.9 Å². The Morgan fingerprint density at radius 3 is 2.35 bits per heavy atom. The maximum Gasteiger partial charge on any atom is 0.230 e. The van der Waals surface area contributed by atoms with Crippen molar-refractivity contribution in [3.63, 3.8) is 0 Å². The number of ether oxygens (including phenoxy) is 2. The van der Waals surface area contributed by atoms with Gasteiger partial charge in [0, 0.05) is 18.8 Å². The van der Waals surface area contributed by atoms with Gasteiger partial charge in [-0.25, -0.2) is 9.37 Å². The summed E-state index contributed by atoms with van der Waals surface area (Å²) in [7, 11) is 0. The fraction of sp³-hybridized carbons (Fsp3) is 0.280. The Kier molecular flexibility index (Phi) is 6.46. The van der Waals surface area contributed by atoms with Gasteiger partial charge >= 0.3 is 0 Å². The van der Waals surface area contributed by atoms with Crippen molar-refractivity contribution in [1.82, 2.24) is 10.3 Å². The molecule has 1 heterocycles. The van der Waals surface area contributed by atoms with E-state index in [0.29, 0.717) is 25.6 Å². The summed E-state index contributed by atoms with van der Waals surface area (Å²) in [6, 6.07) is 19.5. The minimum atomic E-state index is -0.553. The number of nitrogens with one attached hydrogen (secondary N) is 1. The van der Waals surface area contributed by atoms with E-state index in [-0.39, 0.29) is 11.7 Å². The van der Waals surface area contributed by atoms with Crippen LogP contribution in [-0.2, 0) is 16.8 Å². The molecular weight excluding hydrogens is 395 g/mol. The van der Waals surface area contributed by atoms with Crippen LogP contribution in [0.5, 0.6) is 11.6 Å². The molecule has 0 unspecified atom stereocenters. The molecular formula is C25H25FN2O3. The van der Waals surface area contributed by atoms with Gasteiger partial charge in [0.25, 0.3) is 0 Å². The van der Waals surface area contributed by atoms with E-state index in [2.05, 4.69) is 10.3 Å². The summed E-state index contributed by atoms with van der Waals surface area (Å²) in [5.74, 6) is 0.992. The van der Waals surface area contributed by atoms with Crippen molar-refractivity contribution in [2.75, 3.05) is 13.2 Å². The molecule has 4 rings (SSSR count). The maximum absolute atomic E-state index is 13.3. The van der Waals surface area contributed by atoms with Gasteiger partial charge in [-0.05, 0) is 48.2 Å². The van der Waals surface area contributed by atoms with Crippen LogP contribution >= 0.6 is 0 Å². The second-order valence-corrected chi connectivity index (χ2v) is 7.64. The molecule has 6 heteroatoms. The number of hydrogen-bond donors (Lipinski definition) is 1. The van der Waals surface area contributed by atoms with E-state index >= 15 is 0 Å². The monoisotopic (exact) mass is 420 g/mol. The minimum Gasteiger partial charge on any atom is -0.490 e. The molecule has 0 bridgehead atoms. The lowest BCUT2D eigenvalue weighted by atomic mass is 9.64. The average molecular weight is 420 g/mol. The first-order chi connectivity index (χ1) is 15.2. The molecule has 1 amide bonds. The van der Waals surface area contributed by atoms with E-state index in [1.54, 1.807) is 24.4 Å². The fourth-order valence-corrected chi connectivity index (χ4v) is 3.72. The number of para-hydroxylation sites is 1. The van der Waals surface area contributed by atoms with Crippen LogP contribution in [0.4, 0.5) is 4.39 Å². The molecule has 160 valence electrons. The Labute approximate surface area is 181 Å². The summed E-state index contributed by atoms with van der Waals surface area (Å²) < 4.78 is 24.4. The number of hydrogen-bond acceptors (Lipinski definition) is 4. The summed E-state index contributed by atoms with van der Waals surface area (Å²) in [5.41, 5.74) is 1.20. The van der Waals surface area contributed by atoms with Crippen LogP contribution in [0.3, 0.4) is 0 Å². The third kappa shape index (κ3) is 5.02. The van der Waals surface area contributed by atoms with E-state index in [4.69, 9.17) is 9.47 Å². The van der Waals surface area contributed by atoms with Crippen molar-refractivity contribution >= 4 is 5.91 Å². The Balaban J connectivity index is 1.25. The smallest absolute Gasteiger partial charge is 0.230 e. The standard InChI is InChI=1S/C25H25FN2O3/c26-21-10-8-20(9-11-21)25(13-4-14-25)24(29)28-18-19-7-12-23(27-17-19)31-16-15-30-22-5-2-1-3-6-22/h1-3,5-12,17H,4,13-16,18H2,(H,28,29). The Hall–Kier alpha value is -3.41. The Morgan fingerprint density at radius 2 is 1.71 bits per heavy atom. The number of benzene rings is 2.